The summed E-state index contributed by atoms with van der Waals surface area (Å²) in [6.07, 6.45) is 0.432. The van der Waals surface area contributed by atoms with Crippen LogP contribution in [0.3, 0.4) is 0 Å². The first-order valence-electron chi connectivity index (χ1n) is 6.38. The van der Waals surface area contributed by atoms with E-state index in [9.17, 15) is 5.11 Å². The minimum absolute atomic E-state index is 0.525. The van der Waals surface area contributed by atoms with Gasteiger partial charge in [0.25, 0.3) is 0 Å². The number of rotatable bonds is 2. The maximum Gasteiger partial charge on any atom is 0.190 e. The second-order valence-electron chi connectivity index (χ2n) is 4.55. The van der Waals surface area contributed by atoms with Gasteiger partial charge in [-0.3, -0.25) is 0 Å². The average molecular weight is 276 g/mol. The highest BCUT2D eigenvalue weighted by Crippen LogP contribution is 2.37. The fourth-order valence-corrected chi connectivity index (χ4v) is 3.07. The molecule has 0 saturated carbocycles. The van der Waals surface area contributed by atoms with Crippen molar-refractivity contribution in [3.05, 3.63) is 35.3 Å². The number of ether oxygens (including phenoxy) is 1. The standard InChI is InChI=1S/C14H16N2O2S/c1-10(17)11-9-19-14(15-11)16-7-4-8-18-13-6-3-2-5-12(13)16/h2-3,5-6,9-10,17H,4,7-8H2,1H3. The third kappa shape index (κ3) is 2.43. The van der Waals surface area contributed by atoms with Crippen LogP contribution in [0.2, 0.25) is 0 Å². The SMILES string of the molecule is CC(O)c1csc(N2CCCOc3ccccc32)n1. The Bertz CT molecular complexity index is 568. The smallest absolute Gasteiger partial charge is 0.190 e. The van der Waals surface area contributed by atoms with Gasteiger partial charge in [0.1, 0.15) is 5.75 Å². The lowest BCUT2D eigenvalue weighted by molar-refractivity contribution is 0.195. The molecule has 0 aliphatic carbocycles. The molecule has 0 spiro atoms. The number of hydrogen-bond donors (Lipinski definition) is 1. The first kappa shape index (κ1) is 12.4. The summed E-state index contributed by atoms with van der Waals surface area (Å²) in [6, 6.07) is 8.01. The summed E-state index contributed by atoms with van der Waals surface area (Å²) in [5, 5.41) is 12.4. The van der Waals surface area contributed by atoms with E-state index in [1.807, 2.05) is 29.6 Å². The molecule has 4 nitrogen and oxygen atoms in total. The van der Waals surface area contributed by atoms with Crippen molar-refractivity contribution in [2.75, 3.05) is 18.1 Å². The van der Waals surface area contributed by atoms with E-state index in [4.69, 9.17) is 4.74 Å². The van der Waals surface area contributed by atoms with Crippen LogP contribution in [-0.2, 0) is 0 Å². The van der Waals surface area contributed by atoms with Crippen molar-refractivity contribution in [2.45, 2.75) is 19.4 Å². The zero-order valence-electron chi connectivity index (χ0n) is 10.7. The fourth-order valence-electron chi connectivity index (χ4n) is 2.12. The highest BCUT2D eigenvalue weighted by atomic mass is 32.1. The number of benzene rings is 1. The Morgan fingerprint density at radius 2 is 2.26 bits per heavy atom. The molecule has 1 aliphatic rings. The summed E-state index contributed by atoms with van der Waals surface area (Å²) < 4.78 is 5.74. The molecule has 5 heteroatoms. The molecule has 3 rings (SSSR count). The van der Waals surface area contributed by atoms with Gasteiger partial charge in [0.15, 0.2) is 5.13 Å². The third-order valence-electron chi connectivity index (χ3n) is 3.11. The number of para-hydroxylation sites is 2. The summed E-state index contributed by atoms with van der Waals surface area (Å²) in [6.45, 7) is 3.34. The van der Waals surface area contributed by atoms with Crippen molar-refractivity contribution < 1.29 is 9.84 Å². The topological polar surface area (TPSA) is 45.6 Å². The van der Waals surface area contributed by atoms with Gasteiger partial charge in [-0.15, -0.1) is 11.3 Å². The highest BCUT2D eigenvalue weighted by Gasteiger charge is 2.20. The van der Waals surface area contributed by atoms with E-state index in [-0.39, 0.29) is 0 Å². The Morgan fingerprint density at radius 1 is 1.42 bits per heavy atom. The van der Waals surface area contributed by atoms with Crippen LogP contribution in [0.25, 0.3) is 0 Å². The van der Waals surface area contributed by atoms with Crippen LogP contribution in [0.4, 0.5) is 10.8 Å². The van der Waals surface area contributed by atoms with Gasteiger partial charge >= 0.3 is 0 Å². The van der Waals surface area contributed by atoms with Crippen molar-refractivity contribution in [3.8, 4) is 5.75 Å². The lowest BCUT2D eigenvalue weighted by Gasteiger charge is -2.20. The van der Waals surface area contributed by atoms with Gasteiger partial charge in [0, 0.05) is 11.9 Å². The van der Waals surface area contributed by atoms with E-state index in [0.29, 0.717) is 0 Å². The molecule has 0 fully saturated rings. The molecular weight excluding hydrogens is 260 g/mol. The van der Waals surface area contributed by atoms with Crippen LogP contribution < -0.4 is 9.64 Å². The van der Waals surface area contributed by atoms with Gasteiger partial charge in [-0.25, -0.2) is 4.98 Å². The molecule has 0 bridgehead atoms. The monoisotopic (exact) mass is 276 g/mol. The Labute approximate surface area is 116 Å². The molecule has 1 unspecified atom stereocenters. The van der Waals surface area contributed by atoms with E-state index >= 15 is 0 Å². The van der Waals surface area contributed by atoms with Gasteiger partial charge in [0.05, 0.1) is 24.1 Å². The zero-order chi connectivity index (χ0) is 13.2. The van der Waals surface area contributed by atoms with Gasteiger partial charge in [0.2, 0.25) is 0 Å². The minimum Gasteiger partial charge on any atom is -0.491 e. The number of nitrogens with zero attached hydrogens (tertiary/aromatic N) is 2. The molecule has 1 aromatic carbocycles. The van der Waals surface area contributed by atoms with Gasteiger partial charge in [-0.2, -0.15) is 0 Å². The molecule has 2 heterocycles. The maximum atomic E-state index is 9.59. The van der Waals surface area contributed by atoms with E-state index in [2.05, 4.69) is 9.88 Å². The fraction of sp³-hybridized carbons (Fsp3) is 0.357. The molecule has 0 saturated heterocycles. The molecular formula is C14H16N2O2S. The van der Waals surface area contributed by atoms with E-state index in [1.54, 1.807) is 18.3 Å². The summed E-state index contributed by atoms with van der Waals surface area (Å²) in [7, 11) is 0. The van der Waals surface area contributed by atoms with Crippen molar-refractivity contribution in [2.24, 2.45) is 0 Å². The minimum atomic E-state index is -0.525. The molecule has 1 aromatic heterocycles. The number of hydrogen-bond acceptors (Lipinski definition) is 5. The quantitative estimate of drug-likeness (QED) is 0.915. The second kappa shape index (κ2) is 5.19. The molecule has 100 valence electrons. The average Bonchev–Trinajstić information content (AvgIpc) is 2.80. The molecule has 1 aliphatic heterocycles. The first-order chi connectivity index (χ1) is 9.25. The Balaban J connectivity index is 1.99. The molecule has 2 aromatic rings. The second-order valence-corrected chi connectivity index (χ2v) is 5.39. The number of anilines is 2. The predicted octanol–water partition coefficient (Wildman–Crippen LogP) is 3.12. The first-order valence-corrected chi connectivity index (χ1v) is 7.26. The number of aliphatic hydroxyl groups is 1. The van der Waals surface area contributed by atoms with Crippen molar-refractivity contribution >= 4 is 22.2 Å². The summed E-state index contributed by atoms with van der Waals surface area (Å²) >= 11 is 1.56. The normalized spacial score (nSPS) is 16.4. The van der Waals surface area contributed by atoms with Crippen molar-refractivity contribution in [1.82, 2.24) is 4.98 Å². The summed E-state index contributed by atoms with van der Waals surface area (Å²) in [4.78, 5) is 6.68. The van der Waals surface area contributed by atoms with Gasteiger partial charge in [-0.05, 0) is 25.5 Å². The van der Waals surface area contributed by atoms with Crippen LogP contribution in [0.5, 0.6) is 5.75 Å². The van der Waals surface area contributed by atoms with Crippen LogP contribution in [0.1, 0.15) is 25.1 Å². The lowest BCUT2D eigenvalue weighted by Crippen LogP contribution is -2.17. The van der Waals surface area contributed by atoms with E-state index in [0.717, 1.165) is 41.8 Å². The zero-order valence-corrected chi connectivity index (χ0v) is 11.6. The van der Waals surface area contributed by atoms with Crippen LogP contribution in [-0.4, -0.2) is 23.2 Å². The third-order valence-corrected chi connectivity index (χ3v) is 3.99. The molecule has 0 radical (unpaired) electrons. The Morgan fingerprint density at radius 3 is 3.05 bits per heavy atom. The van der Waals surface area contributed by atoms with Crippen LogP contribution >= 0.6 is 11.3 Å². The molecule has 1 atom stereocenters. The van der Waals surface area contributed by atoms with Crippen molar-refractivity contribution in [1.29, 1.82) is 0 Å². The highest BCUT2D eigenvalue weighted by molar-refractivity contribution is 7.13. The predicted molar refractivity (Wildman–Crippen MR) is 76.3 cm³/mol. The van der Waals surface area contributed by atoms with E-state index < -0.39 is 6.10 Å². The maximum absolute atomic E-state index is 9.59. The largest absolute Gasteiger partial charge is 0.491 e. The molecule has 1 N–H and O–H groups in total. The molecule has 0 amide bonds. The Hall–Kier alpha value is -1.59. The lowest BCUT2D eigenvalue weighted by atomic mass is 10.2. The Kier molecular flexibility index (Phi) is 3.40. The van der Waals surface area contributed by atoms with Crippen molar-refractivity contribution in [3.63, 3.8) is 0 Å². The van der Waals surface area contributed by atoms with E-state index in [1.165, 1.54) is 0 Å². The number of fused-ring (bicyclic) bond motifs is 1. The van der Waals surface area contributed by atoms with Crippen LogP contribution in [0, 0.1) is 0 Å². The van der Waals surface area contributed by atoms with Gasteiger partial charge in [-0.1, -0.05) is 12.1 Å². The number of aliphatic hydroxyl groups excluding tert-OH is 1. The van der Waals surface area contributed by atoms with Crippen LogP contribution in [0.15, 0.2) is 29.6 Å². The van der Waals surface area contributed by atoms with Gasteiger partial charge < -0.3 is 14.7 Å². The number of aromatic nitrogens is 1. The summed E-state index contributed by atoms with van der Waals surface area (Å²) in [5.74, 6) is 0.897. The summed E-state index contributed by atoms with van der Waals surface area (Å²) in [5.41, 5.74) is 1.77. The molecule has 19 heavy (non-hydrogen) atoms. The number of thiazole rings is 1.